The maximum absolute atomic E-state index is 12.7. The van der Waals surface area contributed by atoms with Gasteiger partial charge in [-0.05, 0) is 45.7 Å². The van der Waals surface area contributed by atoms with Crippen molar-refractivity contribution < 1.29 is 19.1 Å². The van der Waals surface area contributed by atoms with E-state index in [1.165, 1.54) is 0 Å². The predicted molar refractivity (Wildman–Crippen MR) is 91.0 cm³/mol. The predicted octanol–water partition coefficient (Wildman–Crippen LogP) is 3.08. The number of nitrogens with one attached hydrogen (secondary N) is 1. The highest BCUT2D eigenvalue weighted by Crippen LogP contribution is 2.26. The number of para-hydroxylation sites is 1. The molecule has 130 valence electrons. The van der Waals surface area contributed by atoms with Gasteiger partial charge in [-0.15, -0.1) is 0 Å². The highest BCUT2D eigenvalue weighted by Gasteiger charge is 2.30. The third-order valence-electron chi connectivity index (χ3n) is 3.92. The quantitative estimate of drug-likeness (QED) is 0.679. The lowest BCUT2D eigenvalue weighted by molar-refractivity contribution is -0.105. The maximum atomic E-state index is 12.7. The first-order valence-electron chi connectivity index (χ1n) is 8.13. The van der Waals surface area contributed by atoms with Crippen molar-refractivity contribution in [3.8, 4) is 0 Å². The van der Waals surface area contributed by atoms with Gasteiger partial charge in [0, 0.05) is 24.6 Å². The van der Waals surface area contributed by atoms with Crippen molar-refractivity contribution in [2.24, 2.45) is 5.92 Å². The van der Waals surface area contributed by atoms with Gasteiger partial charge in [-0.25, -0.2) is 4.79 Å². The molecule has 1 heterocycles. The minimum absolute atomic E-state index is 0.00351. The van der Waals surface area contributed by atoms with Crippen LogP contribution in [0.4, 0.5) is 10.5 Å². The fourth-order valence-electron chi connectivity index (χ4n) is 2.76. The Kier molecular flexibility index (Phi) is 5.59. The van der Waals surface area contributed by atoms with Crippen LogP contribution in [0.15, 0.2) is 24.3 Å². The molecule has 2 amide bonds. The SMILES string of the molecule is CC(C)(C)OC(=O)N1CCC(C(=O)c2ccccc2NC=O)CC1. The van der Waals surface area contributed by atoms with E-state index in [0.29, 0.717) is 43.6 Å². The van der Waals surface area contributed by atoms with E-state index >= 15 is 0 Å². The second-order valence-corrected chi connectivity index (χ2v) is 6.91. The summed E-state index contributed by atoms with van der Waals surface area (Å²) in [5.74, 6) is -0.151. The molecule has 6 heteroatoms. The summed E-state index contributed by atoms with van der Waals surface area (Å²) in [6.07, 6.45) is 1.41. The fraction of sp³-hybridized carbons (Fsp3) is 0.500. The monoisotopic (exact) mass is 332 g/mol. The van der Waals surface area contributed by atoms with Gasteiger partial charge in [0.1, 0.15) is 5.60 Å². The Morgan fingerprint density at radius 3 is 2.42 bits per heavy atom. The maximum Gasteiger partial charge on any atom is 0.410 e. The number of likely N-dealkylation sites (tertiary alicyclic amines) is 1. The summed E-state index contributed by atoms with van der Waals surface area (Å²) >= 11 is 0. The molecular formula is C18H24N2O4. The van der Waals surface area contributed by atoms with Crippen LogP contribution >= 0.6 is 0 Å². The first-order valence-corrected chi connectivity index (χ1v) is 8.13. The average Bonchev–Trinajstić information content (AvgIpc) is 2.54. The normalized spacial score (nSPS) is 15.7. The molecule has 0 radical (unpaired) electrons. The van der Waals surface area contributed by atoms with Gasteiger partial charge >= 0.3 is 6.09 Å². The molecule has 0 spiro atoms. The number of hydrogen-bond donors (Lipinski definition) is 1. The minimum atomic E-state index is -0.525. The Hall–Kier alpha value is -2.37. The molecule has 1 aliphatic heterocycles. The minimum Gasteiger partial charge on any atom is -0.444 e. The van der Waals surface area contributed by atoms with Crippen LogP contribution in [0.25, 0.3) is 0 Å². The molecule has 6 nitrogen and oxygen atoms in total. The molecule has 1 saturated heterocycles. The van der Waals surface area contributed by atoms with Gasteiger partial charge in [0.25, 0.3) is 0 Å². The first kappa shape index (κ1) is 18.0. The summed E-state index contributed by atoms with van der Waals surface area (Å²) in [6.45, 7) is 6.48. The van der Waals surface area contributed by atoms with Crippen LogP contribution in [-0.2, 0) is 9.53 Å². The number of ether oxygens (including phenoxy) is 1. The molecule has 1 aromatic carbocycles. The van der Waals surface area contributed by atoms with Crippen LogP contribution in [0.3, 0.4) is 0 Å². The van der Waals surface area contributed by atoms with E-state index in [0.717, 1.165) is 0 Å². The number of nitrogens with zero attached hydrogens (tertiary/aromatic N) is 1. The lowest BCUT2D eigenvalue weighted by Gasteiger charge is -2.33. The van der Waals surface area contributed by atoms with Gasteiger partial charge in [0.05, 0.1) is 5.69 Å². The molecule has 1 aliphatic rings. The second-order valence-electron chi connectivity index (χ2n) is 6.91. The van der Waals surface area contributed by atoms with Gasteiger partial charge in [0.2, 0.25) is 6.41 Å². The Balaban J connectivity index is 1.98. The largest absolute Gasteiger partial charge is 0.444 e. The van der Waals surface area contributed by atoms with E-state index in [1.807, 2.05) is 20.8 Å². The van der Waals surface area contributed by atoms with E-state index < -0.39 is 5.60 Å². The second kappa shape index (κ2) is 7.47. The third-order valence-corrected chi connectivity index (χ3v) is 3.92. The van der Waals surface area contributed by atoms with Crippen molar-refractivity contribution in [1.82, 2.24) is 4.90 Å². The van der Waals surface area contributed by atoms with Crippen LogP contribution in [0.1, 0.15) is 44.0 Å². The van der Waals surface area contributed by atoms with Crippen molar-refractivity contribution >= 4 is 24.0 Å². The number of carbonyl (C=O) groups is 3. The highest BCUT2D eigenvalue weighted by atomic mass is 16.6. The summed E-state index contributed by atoms with van der Waals surface area (Å²) < 4.78 is 5.36. The lowest BCUT2D eigenvalue weighted by Crippen LogP contribution is -2.43. The van der Waals surface area contributed by atoms with E-state index in [9.17, 15) is 14.4 Å². The van der Waals surface area contributed by atoms with Crippen molar-refractivity contribution in [3.05, 3.63) is 29.8 Å². The molecule has 1 aromatic rings. The molecule has 24 heavy (non-hydrogen) atoms. The van der Waals surface area contributed by atoms with Gasteiger partial charge in [-0.1, -0.05) is 12.1 Å². The summed E-state index contributed by atoms with van der Waals surface area (Å²) in [4.78, 5) is 37.1. The number of hydrogen-bond acceptors (Lipinski definition) is 4. The Morgan fingerprint density at radius 1 is 1.21 bits per heavy atom. The van der Waals surface area contributed by atoms with Crippen LogP contribution in [0.2, 0.25) is 0 Å². The smallest absolute Gasteiger partial charge is 0.410 e. The third kappa shape index (κ3) is 4.57. The van der Waals surface area contributed by atoms with E-state index in [-0.39, 0.29) is 17.8 Å². The van der Waals surface area contributed by atoms with E-state index in [1.54, 1.807) is 29.2 Å². The summed E-state index contributed by atoms with van der Waals surface area (Å²) in [5, 5.41) is 2.56. The first-order chi connectivity index (χ1) is 11.3. The van der Waals surface area contributed by atoms with Crippen molar-refractivity contribution in [1.29, 1.82) is 0 Å². The van der Waals surface area contributed by atoms with Gasteiger partial charge < -0.3 is 15.0 Å². The fourth-order valence-corrected chi connectivity index (χ4v) is 2.76. The average molecular weight is 332 g/mol. The number of ketones is 1. The topological polar surface area (TPSA) is 75.7 Å². The van der Waals surface area contributed by atoms with Crippen molar-refractivity contribution in [2.75, 3.05) is 18.4 Å². The number of benzene rings is 1. The number of piperidine rings is 1. The van der Waals surface area contributed by atoms with E-state index in [2.05, 4.69) is 5.32 Å². The number of Topliss-reactive ketones (excluding diaryl/α,β-unsaturated/α-hetero) is 1. The van der Waals surface area contributed by atoms with Gasteiger partial charge in [-0.3, -0.25) is 9.59 Å². The summed E-state index contributed by atoms with van der Waals surface area (Å²) in [6, 6.07) is 6.97. The zero-order valence-electron chi connectivity index (χ0n) is 14.4. The lowest BCUT2D eigenvalue weighted by atomic mass is 9.88. The van der Waals surface area contributed by atoms with Crippen molar-refractivity contribution in [3.63, 3.8) is 0 Å². The summed E-state index contributed by atoms with van der Waals surface area (Å²) in [5.41, 5.74) is 0.510. The van der Waals surface area contributed by atoms with E-state index in [4.69, 9.17) is 4.74 Å². The Morgan fingerprint density at radius 2 is 1.83 bits per heavy atom. The van der Waals surface area contributed by atoms with Gasteiger partial charge in [-0.2, -0.15) is 0 Å². The summed E-state index contributed by atoms with van der Waals surface area (Å²) in [7, 11) is 0. The number of amides is 2. The number of rotatable bonds is 4. The molecule has 0 aliphatic carbocycles. The molecule has 1 fully saturated rings. The molecule has 0 atom stereocenters. The van der Waals surface area contributed by atoms with Crippen molar-refractivity contribution in [2.45, 2.75) is 39.2 Å². The number of anilines is 1. The molecule has 0 bridgehead atoms. The molecule has 0 aromatic heterocycles. The molecule has 2 rings (SSSR count). The van der Waals surface area contributed by atoms with Crippen LogP contribution < -0.4 is 5.32 Å². The van der Waals surface area contributed by atoms with Crippen LogP contribution in [-0.4, -0.2) is 41.9 Å². The zero-order chi connectivity index (χ0) is 17.7. The molecule has 0 saturated carbocycles. The molecule has 1 N–H and O–H groups in total. The zero-order valence-corrected chi connectivity index (χ0v) is 14.4. The number of carbonyl (C=O) groups excluding carboxylic acids is 3. The Bertz CT molecular complexity index is 614. The Labute approximate surface area is 142 Å². The molecular weight excluding hydrogens is 308 g/mol. The highest BCUT2D eigenvalue weighted by molar-refractivity contribution is 6.04. The van der Waals surface area contributed by atoms with Crippen LogP contribution in [0.5, 0.6) is 0 Å². The standard InChI is InChI=1S/C18H24N2O4/c1-18(2,3)24-17(23)20-10-8-13(9-11-20)16(22)14-6-4-5-7-15(14)19-12-21/h4-7,12-13H,8-11H2,1-3H3,(H,19,21). The molecule has 0 unspecified atom stereocenters. The van der Waals surface area contributed by atoms with Crippen LogP contribution in [0, 0.1) is 5.92 Å². The van der Waals surface area contributed by atoms with Gasteiger partial charge in [0.15, 0.2) is 5.78 Å².